The van der Waals surface area contributed by atoms with Crippen LogP contribution in [0.1, 0.15) is 104 Å². The van der Waals surface area contributed by atoms with Gasteiger partial charge in [-0.1, -0.05) is 89.4 Å². The standard InChI is InChI=1S/C63H101N5O33/c1-4-5-6-7-8-9-10-11-12-13-14-15-16-20-34(76)33(67-41(79)28-91-57(88)31-18-17-19-32(31)68-64)27-92-59-50(86)48(84)52(39(25-72)95-59)97-61-51(87)56(101-63(62(89)90)21-35(77)42(65-29(2)74)55(100-63)44(80)36(78)22-69)53(40(26-73)96-61)98-58-43(66-30(3)75)54(46(82)38(24-71)93-58)99-60-49(85)47(83)45(81)37(23-70)94-60/h16-20,33-40,42-56,58-61,69-73,76-78,80-87H,4-15,21-28H2,1-3H3,(H4-,65,66,67,74,75,79,88,89,90)/p+1/b20-16+,57-31-/t33?,34-,35+,36-,37-,38-,39-,40-,42-,43-,44-,45+,46+,47+,48-,49-,50-,51-,52-,53+,54-,55-,56-,58+,59-,60+,61+,63+/m1/s1. The molecule has 5 heterocycles. The van der Waals surface area contributed by atoms with Gasteiger partial charge < -0.3 is 160 Å². The molecule has 0 aromatic carbocycles. The molecule has 0 spiro atoms. The number of aliphatic hydroxyl groups excluding tert-OH is 17. The summed E-state index contributed by atoms with van der Waals surface area (Å²) < 4.78 is 64.7. The number of diazo groups is 1. The summed E-state index contributed by atoms with van der Waals surface area (Å²) in [5.41, 5.74) is -0.139. The molecule has 5 saturated heterocycles. The maximum absolute atomic E-state index is 13.8. The lowest BCUT2D eigenvalue weighted by atomic mass is 9.88. The predicted molar refractivity (Wildman–Crippen MR) is 337 cm³/mol. The van der Waals surface area contributed by atoms with E-state index in [9.17, 15) is 116 Å². The lowest BCUT2D eigenvalue weighted by Gasteiger charge is -2.52. The van der Waals surface area contributed by atoms with Gasteiger partial charge in [-0.25, -0.2) is 4.79 Å². The van der Waals surface area contributed by atoms with Gasteiger partial charge in [-0.2, -0.15) is 0 Å². The summed E-state index contributed by atoms with van der Waals surface area (Å²) in [6.45, 7) is -3.22. The Morgan fingerprint density at radius 1 is 0.644 bits per heavy atom. The molecule has 101 heavy (non-hydrogen) atoms. The zero-order valence-corrected chi connectivity index (χ0v) is 56.2. The van der Waals surface area contributed by atoms with Gasteiger partial charge in [0.05, 0.1) is 63.9 Å². The molecule has 3 amide bonds. The summed E-state index contributed by atoms with van der Waals surface area (Å²) in [6.07, 6.45) is -32.1. The zero-order valence-electron chi connectivity index (χ0n) is 56.2. The predicted octanol–water partition coefficient (Wildman–Crippen LogP) is -6.21. The van der Waals surface area contributed by atoms with Crippen molar-refractivity contribution in [2.45, 2.75) is 275 Å². The molecule has 0 saturated carbocycles. The van der Waals surface area contributed by atoms with Gasteiger partial charge in [0.25, 0.3) is 17.6 Å². The Morgan fingerprint density at radius 3 is 1.77 bits per heavy atom. The summed E-state index contributed by atoms with van der Waals surface area (Å²) in [5.74, 6) is -9.17. The molecule has 0 bridgehead atoms. The number of allylic oxidation sites excluding steroid dienone is 4. The minimum absolute atomic E-state index is 0.0611. The van der Waals surface area contributed by atoms with Gasteiger partial charge in [-0.3, -0.25) is 14.4 Å². The monoisotopic (exact) mass is 1460 g/mol. The van der Waals surface area contributed by atoms with E-state index in [2.05, 4.69) is 27.9 Å². The second-order valence-corrected chi connectivity index (χ2v) is 25.6. The third-order valence-corrected chi connectivity index (χ3v) is 18.1. The zero-order chi connectivity index (χ0) is 74.4. The van der Waals surface area contributed by atoms with Gasteiger partial charge in [-0.05, 0) is 18.9 Å². The van der Waals surface area contributed by atoms with Crippen LogP contribution in [0.4, 0.5) is 0 Å². The molecule has 0 aromatic rings. The number of hydrogen-bond acceptors (Lipinski definition) is 33. The highest BCUT2D eigenvalue weighted by molar-refractivity contribution is 5.78. The van der Waals surface area contributed by atoms with Gasteiger partial charge in [-0.15, -0.1) is 0 Å². The molecule has 6 rings (SSSR count). The van der Waals surface area contributed by atoms with Gasteiger partial charge in [0.15, 0.2) is 42.3 Å². The molecule has 5 fully saturated rings. The van der Waals surface area contributed by atoms with Gasteiger partial charge in [0.1, 0.15) is 116 Å². The van der Waals surface area contributed by atoms with E-state index in [4.69, 9.17) is 52.1 Å². The first-order valence-electron chi connectivity index (χ1n) is 33.8. The quantitative estimate of drug-likeness (QED) is 0.0118. The second-order valence-electron chi connectivity index (χ2n) is 25.6. The number of ether oxygens (including phenoxy) is 11. The number of hydrogen-bond donors (Lipinski definition) is 21. The number of aliphatic hydroxyl groups is 17. The number of rotatable bonds is 39. The molecule has 38 heteroatoms. The van der Waals surface area contributed by atoms with Crippen LogP contribution in [0.15, 0.2) is 47.6 Å². The van der Waals surface area contributed by atoms with Crippen LogP contribution in [0, 0.1) is 5.39 Å². The van der Waals surface area contributed by atoms with Gasteiger partial charge in [0, 0.05) is 26.3 Å². The minimum atomic E-state index is -3.42. The SMILES string of the molecule is CCCCCCCCCCCCC/C=C/[C@@H](O)C(CO[C@@H]1O[C@H](CO)[C@@H](O[C@@H]2O[C@H](CO)[C@H](O[C@@H]3O[C@H](CO)[C@H](O)[C@H](O[C@@H]4O[C@H](CO)[C@H](O)[C@H](O)[C@H]4O)[C@H]3NC(C)=O)[C@H](O[C@]3(C(=O)O)C[C@H](O)[C@@H](NC(C)=O)[C@H]([C@H](O)[C@H](O)CO)O3)[C@H]2O)[C@H](O)[C@H]1O)NC(=O)CO/C(O)=C1/C=CC=C1[N+]#N. The van der Waals surface area contributed by atoms with Crippen molar-refractivity contribution in [3.05, 3.63) is 52.6 Å². The molecule has 576 valence electrons. The molecule has 1 aliphatic carbocycles. The fourth-order valence-electron chi connectivity index (χ4n) is 12.5. The van der Waals surface area contributed by atoms with Crippen LogP contribution in [-0.4, -0.2) is 333 Å². The van der Waals surface area contributed by atoms with Crippen LogP contribution >= 0.6 is 0 Å². The molecule has 21 N–H and O–H groups in total. The molecule has 0 aromatic heterocycles. The van der Waals surface area contributed by atoms with Crippen molar-refractivity contribution < 1.29 is 163 Å². The van der Waals surface area contributed by atoms with E-state index in [-0.39, 0.29) is 11.3 Å². The lowest BCUT2D eigenvalue weighted by molar-refractivity contribution is -0.403. The lowest BCUT2D eigenvalue weighted by Crippen LogP contribution is -2.72. The van der Waals surface area contributed by atoms with Crippen molar-refractivity contribution in [2.24, 2.45) is 0 Å². The number of carbonyl (C=O) groups excluding carboxylic acids is 3. The fourth-order valence-corrected chi connectivity index (χ4v) is 12.5. The summed E-state index contributed by atoms with van der Waals surface area (Å²) in [7, 11) is 0. The summed E-state index contributed by atoms with van der Waals surface area (Å²) in [5, 5.41) is 215. The Labute approximate surface area is 580 Å². The third-order valence-electron chi connectivity index (χ3n) is 18.1. The molecule has 0 radical (unpaired) electrons. The molecule has 5 aliphatic heterocycles. The van der Waals surface area contributed by atoms with E-state index >= 15 is 0 Å². The smallest absolute Gasteiger partial charge is 0.399 e. The van der Waals surface area contributed by atoms with Crippen molar-refractivity contribution in [3.8, 4) is 0 Å². The van der Waals surface area contributed by atoms with E-state index in [0.717, 1.165) is 52.4 Å². The Balaban J connectivity index is 1.29. The van der Waals surface area contributed by atoms with Gasteiger partial charge in [0.2, 0.25) is 17.2 Å². The topological polar surface area (TPSA) is 598 Å². The molecular weight excluding hydrogens is 1350 g/mol. The Bertz CT molecular complexity index is 2760. The van der Waals surface area contributed by atoms with Crippen molar-refractivity contribution in [2.75, 3.05) is 46.2 Å². The van der Waals surface area contributed by atoms with Crippen molar-refractivity contribution in [1.29, 1.82) is 5.39 Å². The highest BCUT2D eigenvalue weighted by Crippen LogP contribution is 2.41. The average Bonchev–Trinajstić information content (AvgIpc) is 0.993. The molecule has 38 nitrogen and oxygen atoms in total. The number of nitrogens with zero attached hydrogens (tertiary/aromatic N) is 2. The molecular formula is C63H102N5O33+. The first-order chi connectivity index (χ1) is 48.1. The number of unbranched alkanes of at least 4 members (excludes halogenated alkanes) is 11. The van der Waals surface area contributed by atoms with E-state index in [1.165, 1.54) is 56.4 Å². The van der Waals surface area contributed by atoms with Crippen molar-refractivity contribution in [1.82, 2.24) is 16.0 Å². The van der Waals surface area contributed by atoms with Crippen molar-refractivity contribution >= 4 is 23.7 Å². The maximum Gasteiger partial charge on any atom is 0.399 e. The number of amides is 3. The van der Waals surface area contributed by atoms with Crippen LogP contribution in [0.25, 0.3) is 4.98 Å². The molecule has 6 aliphatic rings. The summed E-state index contributed by atoms with van der Waals surface area (Å²) >= 11 is 0. The van der Waals surface area contributed by atoms with Crippen LogP contribution in [0.2, 0.25) is 0 Å². The van der Waals surface area contributed by atoms with Crippen molar-refractivity contribution in [3.63, 3.8) is 0 Å². The average molecular weight is 1460 g/mol. The summed E-state index contributed by atoms with van der Waals surface area (Å²) in [4.78, 5) is 55.7. The summed E-state index contributed by atoms with van der Waals surface area (Å²) in [6, 6.07) is -5.13. The normalized spacial score (nSPS) is 36.9. The Hall–Kier alpha value is -5.18. The van der Waals surface area contributed by atoms with Crippen LogP contribution in [0.3, 0.4) is 0 Å². The number of carbonyl (C=O) groups is 4. The largest absolute Gasteiger partial charge is 0.480 e. The molecule has 1 unspecified atom stereocenters. The first kappa shape index (κ1) is 84.8. The van der Waals surface area contributed by atoms with E-state index in [1.54, 1.807) is 6.08 Å². The number of carboxylic acid groups (broad SMARTS) is 1. The number of carboxylic acids is 1. The number of nitrogens with one attached hydrogen (secondary N) is 3. The fraction of sp³-hybridized carbons (Fsp3) is 0.810. The Kier molecular flexibility index (Phi) is 34.3. The minimum Gasteiger partial charge on any atom is -0.480 e. The molecule has 28 atom stereocenters. The van der Waals surface area contributed by atoms with Crippen LogP contribution in [0.5, 0.6) is 0 Å². The van der Waals surface area contributed by atoms with E-state index in [0.29, 0.717) is 6.42 Å². The van der Waals surface area contributed by atoms with Crippen LogP contribution < -0.4 is 16.0 Å². The van der Waals surface area contributed by atoms with E-state index in [1.807, 2.05) is 0 Å². The Morgan fingerprint density at radius 2 is 1.18 bits per heavy atom. The van der Waals surface area contributed by atoms with Crippen LogP contribution in [-0.2, 0) is 71.3 Å². The van der Waals surface area contributed by atoms with E-state index < -0.39 is 253 Å². The maximum atomic E-state index is 13.8. The first-order valence-corrected chi connectivity index (χ1v) is 33.8. The third kappa shape index (κ3) is 22.4. The highest BCUT2D eigenvalue weighted by Gasteiger charge is 2.62. The second kappa shape index (κ2) is 40.9. The highest BCUT2D eigenvalue weighted by atomic mass is 16.8. The van der Waals surface area contributed by atoms with Gasteiger partial charge >= 0.3 is 11.7 Å². The number of aliphatic carboxylic acids is 1.